The van der Waals surface area contributed by atoms with Gasteiger partial charge in [-0.05, 0) is 49.9 Å². The molecule has 0 aromatic heterocycles. The number of benzene rings is 2. The highest BCUT2D eigenvalue weighted by atomic mass is 16.7. The van der Waals surface area contributed by atoms with Crippen LogP contribution < -0.4 is 14.8 Å². The number of carbonyl (C=O) groups excluding carboxylic acids is 2. The zero-order valence-electron chi connectivity index (χ0n) is 17.9. The molecule has 0 aliphatic carbocycles. The molecule has 6 nitrogen and oxygen atoms in total. The first-order chi connectivity index (χ1) is 14.5. The summed E-state index contributed by atoms with van der Waals surface area (Å²) < 4.78 is 10.8. The minimum atomic E-state index is -0.491. The molecule has 1 aliphatic heterocycles. The van der Waals surface area contributed by atoms with Crippen LogP contribution in [0.25, 0.3) is 0 Å². The van der Waals surface area contributed by atoms with E-state index in [-0.39, 0.29) is 18.6 Å². The predicted molar refractivity (Wildman–Crippen MR) is 115 cm³/mol. The van der Waals surface area contributed by atoms with E-state index in [2.05, 4.69) is 11.4 Å². The van der Waals surface area contributed by atoms with Gasteiger partial charge in [0.2, 0.25) is 18.6 Å². The first-order valence-corrected chi connectivity index (χ1v) is 10.5. The molecule has 0 spiro atoms. The van der Waals surface area contributed by atoms with Gasteiger partial charge in [0.25, 0.3) is 0 Å². The molecule has 0 bridgehead atoms. The average molecular weight is 411 g/mol. The van der Waals surface area contributed by atoms with E-state index in [0.29, 0.717) is 38.1 Å². The molecule has 1 N–H and O–H groups in total. The second-order valence-electron chi connectivity index (χ2n) is 7.52. The lowest BCUT2D eigenvalue weighted by atomic mass is 10.0. The van der Waals surface area contributed by atoms with Gasteiger partial charge >= 0.3 is 0 Å². The third-order valence-corrected chi connectivity index (χ3v) is 5.24. The Kier molecular flexibility index (Phi) is 7.33. The highest BCUT2D eigenvalue weighted by Gasteiger charge is 2.28. The fourth-order valence-corrected chi connectivity index (χ4v) is 3.71. The standard InChI is InChI=1S/C24H30N2O4/c1-4-20(24(28)25-5-2)26(15-19-8-6-7-17(3)13-19)23(27)12-10-18-9-11-21-22(14-18)30-16-29-21/h6-9,11,13-14,20H,4-5,10,12,15-16H2,1-3H3,(H,25,28)/t20-/m0/s1. The number of hydrogen-bond donors (Lipinski definition) is 1. The van der Waals surface area contributed by atoms with Gasteiger partial charge in [-0.25, -0.2) is 0 Å². The van der Waals surface area contributed by atoms with Crippen LogP contribution in [0.15, 0.2) is 42.5 Å². The Labute approximate surface area is 178 Å². The summed E-state index contributed by atoms with van der Waals surface area (Å²) in [6, 6.07) is 13.3. The Hall–Kier alpha value is -3.02. The normalized spacial score (nSPS) is 13.0. The minimum absolute atomic E-state index is 0.0349. The predicted octanol–water partition coefficient (Wildman–Crippen LogP) is 3.60. The number of hydrogen-bond acceptors (Lipinski definition) is 4. The van der Waals surface area contributed by atoms with Crippen molar-refractivity contribution in [1.29, 1.82) is 0 Å². The van der Waals surface area contributed by atoms with E-state index in [9.17, 15) is 9.59 Å². The fourth-order valence-electron chi connectivity index (χ4n) is 3.71. The van der Waals surface area contributed by atoms with Crippen LogP contribution in [0.5, 0.6) is 11.5 Å². The maximum absolute atomic E-state index is 13.2. The zero-order chi connectivity index (χ0) is 21.5. The van der Waals surface area contributed by atoms with Crippen LogP contribution in [0.3, 0.4) is 0 Å². The third-order valence-electron chi connectivity index (χ3n) is 5.24. The second-order valence-corrected chi connectivity index (χ2v) is 7.52. The Balaban J connectivity index is 1.75. The molecule has 2 aromatic rings. The Morgan fingerprint density at radius 3 is 2.60 bits per heavy atom. The van der Waals surface area contributed by atoms with Crippen molar-refractivity contribution >= 4 is 11.8 Å². The molecule has 0 radical (unpaired) electrons. The minimum Gasteiger partial charge on any atom is -0.454 e. The summed E-state index contributed by atoms with van der Waals surface area (Å²) in [6.07, 6.45) is 1.46. The molecule has 1 aliphatic rings. The summed E-state index contributed by atoms with van der Waals surface area (Å²) in [5.41, 5.74) is 3.16. The third kappa shape index (κ3) is 5.32. The summed E-state index contributed by atoms with van der Waals surface area (Å²) in [7, 11) is 0. The Bertz CT molecular complexity index is 897. The van der Waals surface area contributed by atoms with Crippen molar-refractivity contribution in [3.8, 4) is 11.5 Å². The summed E-state index contributed by atoms with van der Waals surface area (Å²) >= 11 is 0. The molecular formula is C24H30N2O4. The first-order valence-electron chi connectivity index (χ1n) is 10.5. The number of ether oxygens (including phenoxy) is 2. The van der Waals surface area contributed by atoms with E-state index in [1.807, 2.05) is 57.2 Å². The van der Waals surface area contributed by atoms with Gasteiger partial charge in [-0.1, -0.05) is 42.8 Å². The SMILES string of the molecule is CCNC(=O)[C@H](CC)N(Cc1cccc(C)c1)C(=O)CCc1ccc2c(c1)OCO2. The molecule has 0 fully saturated rings. The van der Waals surface area contributed by atoms with Gasteiger partial charge in [0.1, 0.15) is 6.04 Å². The van der Waals surface area contributed by atoms with Crippen molar-refractivity contribution in [1.82, 2.24) is 10.2 Å². The number of carbonyl (C=O) groups is 2. The first kappa shape index (κ1) is 21.7. The van der Waals surface area contributed by atoms with Gasteiger partial charge < -0.3 is 19.7 Å². The van der Waals surface area contributed by atoms with Crippen molar-refractivity contribution < 1.29 is 19.1 Å². The lowest BCUT2D eigenvalue weighted by Gasteiger charge is -2.30. The summed E-state index contributed by atoms with van der Waals surface area (Å²) in [4.78, 5) is 27.6. The fraction of sp³-hybridized carbons (Fsp3) is 0.417. The molecule has 0 saturated carbocycles. The van der Waals surface area contributed by atoms with Crippen LogP contribution in [0.4, 0.5) is 0 Å². The van der Waals surface area contributed by atoms with Gasteiger partial charge in [0, 0.05) is 19.5 Å². The van der Waals surface area contributed by atoms with E-state index in [0.717, 1.165) is 22.4 Å². The molecule has 2 amide bonds. The molecule has 0 saturated heterocycles. The smallest absolute Gasteiger partial charge is 0.242 e. The van der Waals surface area contributed by atoms with E-state index in [1.165, 1.54) is 0 Å². The molecule has 160 valence electrons. The second kappa shape index (κ2) is 10.1. The van der Waals surface area contributed by atoms with Gasteiger partial charge in [-0.3, -0.25) is 9.59 Å². The summed E-state index contributed by atoms with van der Waals surface area (Å²) in [6.45, 7) is 7.03. The molecule has 3 rings (SSSR count). The van der Waals surface area contributed by atoms with Crippen LogP contribution in [-0.4, -0.2) is 36.1 Å². The van der Waals surface area contributed by atoms with E-state index < -0.39 is 6.04 Å². The highest BCUT2D eigenvalue weighted by molar-refractivity contribution is 5.87. The van der Waals surface area contributed by atoms with Crippen molar-refractivity contribution in [3.05, 3.63) is 59.2 Å². The van der Waals surface area contributed by atoms with Crippen molar-refractivity contribution in [2.24, 2.45) is 0 Å². The van der Waals surface area contributed by atoms with E-state index in [1.54, 1.807) is 4.90 Å². The molecular weight excluding hydrogens is 380 g/mol. The number of nitrogens with one attached hydrogen (secondary N) is 1. The van der Waals surface area contributed by atoms with Crippen molar-refractivity contribution in [2.75, 3.05) is 13.3 Å². The van der Waals surface area contributed by atoms with Gasteiger partial charge in [0.05, 0.1) is 0 Å². The molecule has 2 aromatic carbocycles. The monoisotopic (exact) mass is 410 g/mol. The van der Waals surface area contributed by atoms with Gasteiger partial charge in [-0.2, -0.15) is 0 Å². The van der Waals surface area contributed by atoms with Gasteiger partial charge in [0.15, 0.2) is 11.5 Å². The molecule has 1 atom stereocenters. The van der Waals surface area contributed by atoms with Crippen LogP contribution in [0.1, 0.15) is 43.4 Å². The quantitative estimate of drug-likeness (QED) is 0.686. The Morgan fingerprint density at radius 1 is 1.07 bits per heavy atom. The Morgan fingerprint density at radius 2 is 1.87 bits per heavy atom. The average Bonchev–Trinajstić information content (AvgIpc) is 3.20. The number of aryl methyl sites for hydroxylation is 2. The van der Waals surface area contributed by atoms with Crippen molar-refractivity contribution in [2.45, 2.75) is 52.6 Å². The van der Waals surface area contributed by atoms with Crippen LogP contribution in [0, 0.1) is 6.92 Å². The van der Waals surface area contributed by atoms with Gasteiger partial charge in [-0.15, -0.1) is 0 Å². The number of fused-ring (bicyclic) bond motifs is 1. The number of amides is 2. The molecule has 1 heterocycles. The highest BCUT2D eigenvalue weighted by Crippen LogP contribution is 2.32. The van der Waals surface area contributed by atoms with E-state index >= 15 is 0 Å². The maximum atomic E-state index is 13.2. The zero-order valence-corrected chi connectivity index (χ0v) is 17.9. The molecule has 30 heavy (non-hydrogen) atoms. The number of nitrogens with zero attached hydrogens (tertiary/aromatic N) is 1. The largest absolute Gasteiger partial charge is 0.454 e. The van der Waals surface area contributed by atoms with E-state index in [4.69, 9.17) is 9.47 Å². The van der Waals surface area contributed by atoms with Crippen LogP contribution in [0.2, 0.25) is 0 Å². The lowest BCUT2D eigenvalue weighted by Crippen LogP contribution is -2.49. The number of likely N-dealkylation sites (N-methyl/N-ethyl adjacent to an activating group) is 1. The summed E-state index contributed by atoms with van der Waals surface area (Å²) in [5, 5.41) is 2.87. The topological polar surface area (TPSA) is 67.9 Å². The van der Waals surface area contributed by atoms with Crippen LogP contribution in [-0.2, 0) is 22.6 Å². The molecule has 6 heteroatoms. The summed E-state index contributed by atoms with van der Waals surface area (Å²) in [5.74, 6) is 1.30. The lowest BCUT2D eigenvalue weighted by molar-refractivity contribution is -0.141. The van der Waals surface area contributed by atoms with Crippen molar-refractivity contribution in [3.63, 3.8) is 0 Å². The van der Waals surface area contributed by atoms with Crippen LogP contribution >= 0.6 is 0 Å². The maximum Gasteiger partial charge on any atom is 0.242 e. The number of rotatable bonds is 9. The molecule has 0 unspecified atom stereocenters.